The van der Waals surface area contributed by atoms with Crippen LogP contribution in [0.1, 0.15) is 117 Å². The maximum Gasteiger partial charge on any atom is 0.503 e. The predicted octanol–water partition coefficient (Wildman–Crippen LogP) is 7.69. The van der Waals surface area contributed by atoms with Gasteiger partial charge < -0.3 is 18.2 Å². The summed E-state index contributed by atoms with van der Waals surface area (Å²) in [6.07, 6.45) is 21.8. The van der Waals surface area contributed by atoms with Crippen molar-refractivity contribution in [1.29, 1.82) is 0 Å². The van der Waals surface area contributed by atoms with Gasteiger partial charge in [-0.05, 0) is 39.4 Å². The first-order valence-corrected chi connectivity index (χ1v) is 15.1. The molecule has 31 heavy (non-hydrogen) atoms. The molecule has 2 unspecified atom stereocenters. The maximum absolute atomic E-state index is 5.88. The van der Waals surface area contributed by atoms with E-state index < -0.39 is 8.80 Å². The molecule has 0 bridgehead atoms. The third-order valence-corrected chi connectivity index (χ3v) is 10.4. The molecule has 0 spiro atoms. The Hall–Kier alpha value is 0.0569. The summed E-state index contributed by atoms with van der Waals surface area (Å²) in [5, 5.41) is 0. The molecule has 4 nitrogen and oxygen atoms in total. The van der Waals surface area contributed by atoms with E-state index in [9.17, 15) is 0 Å². The van der Waals surface area contributed by atoms with E-state index >= 15 is 0 Å². The first kappa shape index (κ1) is 31.1. The summed E-state index contributed by atoms with van der Waals surface area (Å²) in [5.41, 5.74) is 0.379. The van der Waals surface area contributed by atoms with E-state index in [-0.39, 0.29) is 0 Å². The Morgan fingerprint density at radius 1 is 0.613 bits per heavy atom. The molecule has 0 saturated carbocycles. The van der Waals surface area contributed by atoms with Crippen molar-refractivity contribution in [2.45, 2.75) is 122 Å². The Kier molecular flexibility index (Phi) is 20.7. The van der Waals surface area contributed by atoms with E-state index in [2.05, 4.69) is 32.8 Å². The Morgan fingerprint density at radius 3 is 1.39 bits per heavy atom. The van der Waals surface area contributed by atoms with Gasteiger partial charge in [-0.2, -0.15) is 0 Å². The average molecular weight is 460 g/mol. The van der Waals surface area contributed by atoms with Crippen LogP contribution in [0.15, 0.2) is 0 Å². The highest BCUT2D eigenvalue weighted by molar-refractivity contribution is 6.62. The Morgan fingerprint density at radius 2 is 1.03 bits per heavy atom. The third-order valence-electron chi connectivity index (χ3n) is 6.94. The van der Waals surface area contributed by atoms with Gasteiger partial charge >= 0.3 is 8.80 Å². The lowest BCUT2D eigenvalue weighted by Crippen LogP contribution is -2.50. The van der Waals surface area contributed by atoms with Crippen LogP contribution in [0.2, 0.25) is 5.54 Å². The third kappa shape index (κ3) is 14.0. The first-order chi connectivity index (χ1) is 15.0. The molecule has 0 N–H and O–H groups in total. The topological polar surface area (TPSA) is 30.9 Å². The highest BCUT2D eigenvalue weighted by Gasteiger charge is 2.49. The van der Waals surface area contributed by atoms with Gasteiger partial charge in [0.25, 0.3) is 0 Å². The molecule has 0 radical (unpaired) electrons. The molecule has 5 heteroatoms. The van der Waals surface area contributed by atoms with E-state index in [0.29, 0.717) is 11.5 Å². The van der Waals surface area contributed by atoms with Crippen molar-refractivity contribution in [3.63, 3.8) is 0 Å². The zero-order chi connectivity index (χ0) is 23.4. The lowest BCUT2D eigenvalue weighted by molar-refractivity contribution is 0.0962. The second-order valence-electron chi connectivity index (χ2n) is 9.61. The van der Waals surface area contributed by atoms with Crippen molar-refractivity contribution in [2.24, 2.45) is 5.92 Å². The van der Waals surface area contributed by atoms with Crippen molar-refractivity contribution >= 4 is 8.80 Å². The standard InChI is InChI=1S/C26H57NO3Si/c1-8-10-11-12-13-14-15-16-17-18-19-20-21-22-25(23-24-27(3)4)26(9-2)31(28-5,29-6)30-7/h25-26H,8-24H2,1-7H3. The van der Waals surface area contributed by atoms with Gasteiger partial charge in [0.2, 0.25) is 0 Å². The summed E-state index contributed by atoms with van der Waals surface area (Å²) in [5.74, 6) is 0.603. The van der Waals surface area contributed by atoms with Gasteiger partial charge in [-0.3, -0.25) is 0 Å². The number of hydrogen-bond acceptors (Lipinski definition) is 4. The van der Waals surface area contributed by atoms with E-state index in [4.69, 9.17) is 13.3 Å². The Labute approximate surface area is 197 Å². The van der Waals surface area contributed by atoms with Crippen LogP contribution < -0.4 is 0 Å². The maximum atomic E-state index is 5.88. The van der Waals surface area contributed by atoms with Crippen LogP contribution in [0.3, 0.4) is 0 Å². The molecule has 0 aliphatic rings. The van der Waals surface area contributed by atoms with Gasteiger partial charge in [-0.25, -0.2) is 0 Å². The van der Waals surface area contributed by atoms with Crippen molar-refractivity contribution in [2.75, 3.05) is 42.0 Å². The van der Waals surface area contributed by atoms with E-state index in [1.807, 2.05) is 0 Å². The van der Waals surface area contributed by atoms with Gasteiger partial charge in [0, 0.05) is 26.9 Å². The van der Waals surface area contributed by atoms with Crippen molar-refractivity contribution < 1.29 is 13.3 Å². The molecule has 0 amide bonds. The minimum atomic E-state index is -2.61. The summed E-state index contributed by atoms with van der Waals surface area (Å²) in [6.45, 7) is 5.66. The number of rotatable bonds is 23. The highest BCUT2D eigenvalue weighted by Crippen LogP contribution is 2.39. The summed E-state index contributed by atoms with van der Waals surface area (Å²) < 4.78 is 17.6. The van der Waals surface area contributed by atoms with Gasteiger partial charge in [0.1, 0.15) is 0 Å². The second kappa shape index (κ2) is 20.6. The Bertz CT molecular complexity index is 369. The molecule has 0 aromatic rings. The predicted molar refractivity (Wildman–Crippen MR) is 138 cm³/mol. The molecule has 0 aliphatic heterocycles. The first-order valence-electron chi connectivity index (χ1n) is 13.3. The molecule has 0 aromatic heterocycles. The van der Waals surface area contributed by atoms with E-state index in [0.717, 1.165) is 13.0 Å². The zero-order valence-corrected chi connectivity index (χ0v) is 23.3. The van der Waals surface area contributed by atoms with Crippen LogP contribution in [0.25, 0.3) is 0 Å². The minimum absolute atomic E-state index is 0.379. The summed E-state index contributed by atoms with van der Waals surface area (Å²) in [4.78, 5) is 2.29. The fourth-order valence-corrected chi connectivity index (χ4v) is 7.79. The van der Waals surface area contributed by atoms with Crippen molar-refractivity contribution in [3.8, 4) is 0 Å². The van der Waals surface area contributed by atoms with Gasteiger partial charge in [0.05, 0.1) is 0 Å². The van der Waals surface area contributed by atoms with Crippen LogP contribution >= 0.6 is 0 Å². The lowest BCUT2D eigenvalue weighted by Gasteiger charge is -2.37. The molecule has 0 rings (SSSR count). The van der Waals surface area contributed by atoms with Crippen LogP contribution in [0.5, 0.6) is 0 Å². The van der Waals surface area contributed by atoms with Gasteiger partial charge in [-0.1, -0.05) is 104 Å². The van der Waals surface area contributed by atoms with E-state index in [1.165, 1.54) is 96.3 Å². The molecule has 2 atom stereocenters. The largest absolute Gasteiger partial charge is 0.503 e. The minimum Gasteiger partial charge on any atom is -0.377 e. The molecular weight excluding hydrogens is 402 g/mol. The van der Waals surface area contributed by atoms with Crippen LogP contribution in [-0.2, 0) is 13.3 Å². The summed E-state index contributed by atoms with van der Waals surface area (Å²) in [7, 11) is 7.00. The normalized spacial score (nSPS) is 14.3. The molecule has 0 aliphatic carbocycles. The van der Waals surface area contributed by atoms with Crippen LogP contribution in [0.4, 0.5) is 0 Å². The highest BCUT2D eigenvalue weighted by atomic mass is 28.4. The average Bonchev–Trinajstić information content (AvgIpc) is 2.77. The fraction of sp³-hybridized carbons (Fsp3) is 1.00. The van der Waals surface area contributed by atoms with Gasteiger partial charge in [-0.15, -0.1) is 0 Å². The molecular formula is C26H57NO3Si. The van der Waals surface area contributed by atoms with E-state index in [1.54, 1.807) is 21.3 Å². The molecule has 0 heterocycles. The summed E-state index contributed by atoms with van der Waals surface area (Å²) >= 11 is 0. The van der Waals surface area contributed by atoms with Crippen LogP contribution in [-0.4, -0.2) is 55.7 Å². The smallest absolute Gasteiger partial charge is 0.377 e. The molecule has 0 saturated heterocycles. The number of unbranched alkanes of at least 4 members (excludes halogenated alkanes) is 12. The quantitative estimate of drug-likeness (QED) is 0.116. The number of nitrogens with zero attached hydrogens (tertiary/aromatic N) is 1. The fourth-order valence-electron chi connectivity index (χ4n) is 4.97. The zero-order valence-electron chi connectivity index (χ0n) is 22.3. The molecule has 188 valence electrons. The second-order valence-corrected chi connectivity index (χ2v) is 12.8. The monoisotopic (exact) mass is 459 g/mol. The van der Waals surface area contributed by atoms with Crippen LogP contribution in [0, 0.1) is 5.92 Å². The Balaban J connectivity index is 4.21. The molecule has 0 fully saturated rings. The van der Waals surface area contributed by atoms with Crippen molar-refractivity contribution in [3.05, 3.63) is 0 Å². The molecule has 0 aromatic carbocycles. The van der Waals surface area contributed by atoms with Crippen molar-refractivity contribution in [1.82, 2.24) is 4.90 Å². The number of hydrogen-bond donors (Lipinski definition) is 0. The summed E-state index contributed by atoms with van der Waals surface area (Å²) in [6, 6.07) is 0. The lowest BCUT2D eigenvalue weighted by atomic mass is 9.92. The van der Waals surface area contributed by atoms with Gasteiger partial charge in [0.15, 0.2) is 0 Å². The SMILES string of the molecule is CCCCCCCCCCCCCCCC(CCN(C)C)C(CC)[Si](OC)(OC)OC.